The summed E-state index contributed by atoms with van der Waals surface area (Å²) in [5, 5.41) is 22.2. The number of aromatic nitrogens is 1. The SMILES string of the molecule is CCC[C@H]1N(c2nccc(C)c2C(F)(F)F)CCC[C@@]1(Oc1csc(C(F)(F)F)c1)C(=O)N1CCC(O)(c2ccccc2OC[C@@H](C)CC(=O)O)CC1. The maximum Gasteiger partial charge on any atom is 0.425 e. The van der Waals surface area contributed by atoms with Crippen molar-refractivity contribution in [3.8, 4) is 11.5 Å². The molecule has 5 rings (SSSR count). The summed E-state index contributed by atoms with van der Waals surface area (Å²) in [7, 11) is 0. The zero-order valence-electron chi connectivity index (χ0n) is 29.6. The lowest BCUT2D eigenvalue weighted by molar-refractivity contribution is -0.157. The number of aliphatic hydroxyl groups is 1. The van der Waals surface area contributed by atoms with Gasteiger partial charge in [-0.25, -0.2) is 4.98 Å². The van der Waals surface area contributed by atoms with Gasteiger partial charge in [0.25, 0.3) is 5.91 Å². The number of carboxylic acid groups (broad SMARTS) is 1. The number of carboxylic acids is 1. The lowest BCUT2D eigenvalue weighted by Crippen LogP contribution is -2.68. The maximum atomic E-state index is 14.9. The monoisotopic (exact) mass is 771 g/mol. The fourth-order valence-electron chi connectivity index (χ4n) is 7.44. The van der Waals surface area contributed by atoms with Gasteiger partial charge in [-0.05, 0) is 50.3 Å². The Kier molecular flexibility index (Phi) is 11.9. The normalized spacial score (nSPS) is 21.3. The highest BCUT2D eigenvalue weighted by molar-refractivity contribution is 7.10. The number of halogens is 6. The van der Waals surface area contributed by atoms with Crippen molar-refractivity contribution in [1.82, 2.24) is 9.88 Å². The third-order valence-electron chi connectivity index (χ3n) is 9.95. The summed E-state index contributed by atoms with van der Waals surface area (Å²) in [6, 6.07) is 7.80. The van der Waals surface area contributed by atoms with E-state index in [9.17, 15) is 41.0 Å². The van der Waals surface area contributed by atoms with Crippen molar-refractivity contribution in [3.63, 3.8) is 0 Å². The van der Waals surface area contributed by atoms with Crippen LogP contribution in [0, 0.1) is 12.8 Å². The van der Waals surface area contributed by atoms with Crippen molar-refractivity contribution in [2.75, 3.05) is 31.1 Å². The molecule has 1 aromatic carbocycles. The smallest absolute Gasteiger partial charge is 0.425 e. The van der Waals surface area contributed by atoms with Gasteiger partial charge in [0, 0.05) is 55.2 Å². The van der Waals surface area contributed by atoms with E-state index in [2.05, 4.69) is 4.98 Å². The van der Waals surface area contributed by atoms with E-state index in [1.54, 1.807) is 38.1 Å². The van der Waals surface area contributed by atoms with Gasteiger partial charge in [-0.1, -0.05) is 38.5 Å². The Morgan fingerprint density at radius 3 is 2.38 bits per heavy atom. The van der Waals surface area contributed by atoms with E-state index in [0.29, 0.717) is 29.1 Å². The van der Waals surface area contributed by atoms with Gasteiger partial charge in [0.05, 0.1) is 24.7 Å². The molecule has 0 aliphatic carbocycles. The van der Waals surface area contributed by atoms with E-state index >= 15 is 0 Å². The van der Waals surface area contributed by atoms with Crippen LogP contribution in [0.2, 0.25) is 0 Å². The van der Waals surface area contributed by atoms with Crippen LogP contribution in [-0.4, -0.2) is 69.9 Å². The molecule has 2 saturated heterocycles. The lowest BCUT2D eigenvalue weighted by atomic mass is 9.78. The number of benzene rings is 1. The molecule has 53 heavy (non-hydrogen) atoms. The third kappa shape index (κ3) is 8.69. The number of likely N-dealkylation sites (tertiary alicyclic amines) is 1. The van der Waals surface area contributed by atoms with Crippen molar-refractivity contribution in [2.45, 2.75) is 95.3 Å². The van der Waals surface area contributed by atoms with E-state index in [4.69, 9.17) is 14.6 Å². The van der Waals surface area contributed by atoms with Gasteiger partial charge in [-0.15, -0.1) is 11.3 Å². The van der Waals surface area contributed by atoms with Crippen LogP contribution in [0.4, 0.5) is 32.2 Å². The van der Waals surface area contributed by atoms with Crippen molar-refractivity contribution in [1.29, 1.82) is 0 Å². The minimum Gasteiger partial charge on any atom is -0.493 e. The van der Waals surface area contributed by atoms with Gasteiger partial charge < -0.3 is 29.5 Å². The predicted molar refractivity (Wildman–Crippen MR) is 185 cm³/mol. The molecule has 3 aromatic rings. The van der Waals surface area contributed by atoms with Crippen LogP contribution in [0.25, 0.3) is 0 Å². The largest absolute Gasteiger partial charge is 0.493 e. The summed E-state index contributed by atoms with van der Waals surface area (Å²) in [5.74, 6) is -2.11. The number of piperidine rings is 2. The molecule has 0 saturated carbocycles. The van der Waals surface area contributed by atoms with E-state index in [1.807, 2.05) is 0 Å². The summed E-state index contributed by atoms with van der Waals surface area (Å²) in [6.45, 7) is 5.02. The van der Waals surface area contributed by atoms with E-state index in [-0.39, 0.29) is 87.8 Å². The predicted octanol–water partition coefficient (Wildman–Crippen LogP) is 8.08. The van der Waals surface area contributed by atoms with Gasteiger partial charge in [-0.2, -0.15) is 26.3 Å². The van der Waals surface area contributed by atoms with Crippen LogP contribution in [0.1, 0.15) is 80.4 Å². The van der Waals surface area contributed by atoms with Crippen LogP contribution in [0.15, 0.2) is 48.0 Å². The molecule has 0 bridgehead atoms. The third-order valence-corrected chi connectivity index (χ3v) is 10.9. The second kappa shape index (κ2) is 15.7. The average Bonchev–Trinajstić information content (AvgIpc) is 3.57. The number of hydrogen-bond acceptors (Lipinski definition) is 8. The number of para-hydroxylation sites is 1. The Morgan fingerprint density at radius 1 is 1.06 bits per heavy atom. The van der Waals surface area contributed by atoms with Crippen LogP contribution in [0.3, 0.4) is 0 Å². The minimum absolute atomic E-state index is 0.00300. The van der Waals surface area contributed by atoms with Crippen LogP contribution in [-0.2, 0) is 27.5 Å². The number of carbonyl (C=O) groups is 2. The number of aliphatic carboxylic acids is 1. The maximum absolute atomic E-state index is 14.9. The number of thiophene rings is 1. The molecule has 0 radical (unpaired) electrons. The molecule has 2 N–H and O–H groups in total. The average molecular weight is 772 g/mol. The van der Waals surface area contributed by atoms with Crippen molar-refractivity contribution < 1.29 is 55.6 Å². The molecule has 3 atom stereocenters. The molecule has 2 aliphatic heterocycles. The standard InChI is InChI=1S/C37H43F6N3O6S/c1-4-8-28-35(52-25-20-29(53-22-25)36(38,39)40,12-7-16-46(28)32-31(37(41,42)43)24(3)11-15-44-32)33(49)45-17-13-34(50,14-18-45)26-9-5-6-10-27(26)51-21-23(2)19-30(47)48/h5-6,9-11,15,20,22-23,28,50H,4,7-8,12-14,16-19,21H2,1-3H3,(H,47,48)/t23-,28+,35-/m0/s1. The quantitative estimate of drug-likeness (QED) is 0.178. The Hall–Kier alpha value is -4.05. The summed E-state index contributed by atoms with van der Waals surface area (Å²) < 4.78 is 96.9. The number of hydrogen-bond donors (Lipinski definition) is 2. The number of amides is 1. The van der Waals surface area contributed by atoms with Gasteiger partial charge in [0.2, 0.25) is 5.60 Å². The molecule has 1 amide bonds. The first-order valence-corrected chi connectivity index (χ1v) is 18.4. The van der Waals surface area contributed by atoms with Gasteiger partial charge in [-0.3, -0.25) is 9.59 Å². The second-order valence-electron chi connectivity index (χ2n) is 13.9. The van der Waals surface area contributed by atoms with Gasteiger partial charge >= 0.3 is 18.3 Å². The highest BCUT2D eigenvalue weighted by atomic mass is 32.1. The van der Waals surface area contributed by atoms with Crippen LogP contribution in [0.5, 0.6) is 11.5 Å². The fraction of sp³-hybridized carbons (Fsp3) is 0.541. The number of ether oxygens (including phenoxy) is 2. The number of anilines is 1. The molecular formula is C37H43F6N3O6S. The summed E-state index contributed by atoms with van der Waals surface area (Å²) in [4.78, 5) is 32.2. The first-order valence-electron chi connectivity index (χ1n) is 17.5. The Balaban J connectivity index is 1.50. The number of aryl methyl sites for hydroxylation is 1. The first kappa shape index (κ1) is 40.1. The minimum atomic E-state index is -4.78. The fourth-order valence-corrected chi connectivity index (χ4v) is 8.12. The highest BCUT2D eigenvalue weighted by Gasteiger charge is 2.56. The molecule has 0 spiro atoms. The number of carbonyl (C=O) groups excluding carboxylic acids is 1. The van der Waals surface area contributed by atoms with Gasteiger partial charge in [0.15, 0.2) is 0 Å². The van der Waals surface area contributed by atoms with Crippen LogP contribution >= 0.6 is 11.3 Å². The molecule has 2 aliphatic rings. The van der Waals surface area contributed by atoms with E-state index in [0.717, 1.165) is 11.4 Å². The first-order chi connectivity index (χ1) is 24.9. The Morgan fingerprint density at radius 2 is 1.75 bits per heavy atom. The Bertz CT molecular complexity index is 1760. The molecule has 0 unspecified atom stereocenters. The molecule has 290 valence electrons. The lowest BCUT2D eigenvalue weighted by Gasteiger charge is -2.51. The van der Waals surface area contributed by atoms with Crippen molar-refractivity contribution in [3.05, 3.63) is 69.5 Å². The highest BCUT2D eigenvalue weighted by Crippen LogP contribution is 2.46. The molecule has 9 nitrogen and oxygen atoms in total. The zero-order chi connectivity index (χ0) is 38.8. The number of alkyl halides is 6. The van der Waals surface area contributed by atoms with Crippen molar-refractivity contribution in [2.24, 2.45) is 5.92 Å². The Labute approximate surface area is 307 Å². The molecular weight excluding hydrogens is 728 g/mol. The second-order valence-corrected chi connectivity index (χ2v) is 14.8. The van der Waals surface area contributed by atoms with Gasteiger partial charge in [0.1, 0.15) is 27.8 Å². The summed E-state index contributed by atoms with van der Waals surface area (Å²) in [5.41, 5.74) is -3.92. The van der Waals surface area contributed by atoms with Crippen LogP contribution < -0.4 is 14.4 Å². The summed E-state index contributed by atoms with van der Waals surface area (Å²) >= 11 is 0.394. The zero-order valence-corrected chi connectivity index (χ0v) is 30.4. The van der Waals surface area contributed by atoms with E-state index in [1.165, 1.54) is 29.0 Å². The van der Waals surface area contributed by atoms with E-state index < -0.39 is 51.9 Å². The molecule has 16 heteroatoms. The molecule has 4 heterocycles. The number of rotatable bonds is 12. The number of nitrogens with zero attached hydrogens (tertiary/aromatic N) is 3. The molecule has 2 fully saturated rings. The topological polar surface area (TPSA) is 112 Å². The number of pyridine rings is 1. The molecule has 2 aromatic heterocycles. The van der Waals surface area contributed by atoms with Crippen molar-refractivity contribution >= 4 is 29.0 Å². The summed E-state index contributed by atoms with van der Waals surface area (Å²) in [6.07, 6.45) is -7.46.